The fourth-order valence-corrected chi connectivity index (χ4v) is 2.62. The zero-order valence-electron chi connectivity index (χ0n) is 15.4. The molecule has 2 aromatic carbocycles. The van der Waals surface area contributed by atoms with Crippen molar-refractivity contribution in [1.29, 1.82) is 0 Å². The minimum atomic E-state index is -0.209. The molecule has 0 saturated carbocycles. The summed E-state index contributed by atoms with van der Waals surface area (Å²) in [6.45, 7) is 2.26. The summed E-state index contributed by atoms with van der Waals surface area (Å²) in [4.78, 5) is 26.1. The quantitative estimate of drug-likeness (QED) is 0.764. The van der Waals surface area contributed by atoms with E-state index in [1.807, 2.05) is 43.3 Å². The topological polar surface area (TPSA) is 70.7 Å². The summed E-state index contributed by atoms with van der Waals surface area (Å²) in [5.41, 5.74) is 2.50. The normalized spacial score (nSPS) is 10.5. The smallest absolute Gasteiger partial charge is 0.238 e. The Bertz CT molecular complexity index is 698. The molecule has 138 valence electrons. The molecular formula is C20H25N3O3. The highest BCUT2D eigenvalue weighted by Gasteiger charge is 2.13. The number of nitrogens with one attached hydrogen (secondary N) is 2. The van der Waals surface area contributed by atoms with Gasteiger partial charge >= 0.3 is 0 Å². The predicted molar refractivity (Wildman–Crippen MR) is 104 cm³/mol. The number of ether oxygens (including phenoxy) is 1. The van der Waals surface area contributed by atoms with Crippen LogP contribution in [0.25, 0.3) is 0 Å². The van der Waals surface area contributed by atoms with E-state index in [9.17, 15) is 9.59 Å². The highest BCUT2D eigenvalue weighted by atomic mass is 16.5. The summed E-state index contributed by atoms with van der Waals surface area (Å²) in [6.07, 6.45) is 0.841. The van der Waals surface area contributed by atoms with Gasteiger partial charge in [-0.2, -0.15) is 0 Å². The number of anilines is 2. The number of methoxy groups -OCH3 is 1. The van der Waals surface area contributed by atoms with Gasteiger partial charge in [-0.05, 0) is 37.2 Å². The van der Waals surface area contributed by atoms with Crippen LogP contribution in [0.2, 0.25) is 0 Å². The first kappa shape index (κ1) is 19.5. The van der Waals surface area contributed by atoms with Gasteiger partial charge in [0.25, 0.3) is 0 Å². The van der Waals surface area contributed by atoms with Gasteiger partial charge in [0, 0.05) is 5.69 Å². The fraction of sp³-hybridized carbons (Fsp3) is 0.300. The summed E-state index contributed by atoms with van der Waals surface area (Å²) in [6, 6.07) is 14.9. The molecule has 0 saturated heterocycles. The molecule has 0 radical (unpaired) electrons. The van der Waals surface area contributed by atoms with E-state index in [2.05, 4.69) is 10.6 Å². The summed E-state index contributed by atoms with van der Waals surface area (Å²) >= 11 is 0. The molecule has 2 aromatic rings. The molecule has 0 aliphatic carbocycles. The lowest BCUT2D eigenvalue weighted by atomic mass is 10.1. The van der Waals surface area contributed by atoms with Gasteiger partial charge < -0.3 is 15.4 Å². The molecule has 0 fully saturated rings. The van der Waals surface area contributed by atoms with Crippen molar-refractivity contribution < 1.29 is 14.3 Å². The molecule has 0 aliphatic rings. The van der Waals surface area contributed by atoms with Crippen molar-refractivity contribution in [2.45, 2.75) is 13.3 Å². The van der Waals surface area contributed by atoms with Gasteiger partial charge in [-0.1, -0.05) is 37.3 Å². The number of likely N-dealkylation sites (N-methyl/N-ethyl adjacent to an activating group) is 1. The Labute approximate surface area is 154 Å². The molecule has 0 bridgehead atoms. The third-order valence-corrected chi connectivity index (χ3v) is 3.88. The largest absolute Gasteiger partial charge is 0.495 e. The summed E-state index contributed by atoms with van der Waals surface area (Å²) in [5, 5.41) is 5.70. The van der Waals surface area contributed by atoms with Crippen molar-refractivity contribution in [1.82, 2.24) is 4.90 Å². The summed E-state index contributed by atoms with van der Waals surface area (Å²) < 4.78 is 5.21. The lowest BCUT2D eigenvalue weighted by Crippen LogP contribution is -2.36. The van der Waals surface area contributed by atoms with Crippen molar-refractivity contribution in [3.8, 4) is 5.75 Å². The number of hydrogen-bond acceptors (Lipinski definition) is 4. The van der Waals surface area contributed by atoms with Crippen molar-refractivity contribution in [3.63, 3.8) is 0 Å². The maximum atomic E-state index is 12.2. The molecule has 0 unspecified atom stereocenters. The number of hydrogen-bond donors (Lipinski definition) is 2. The van der Waals surface area contributed by atoms with Crippen LogP contribution in [0.5, 0.6) is 5.75 Å². The first-order valence-corrected chi connectivity index (χ1v) is 8.52. The van der Waals surface area contributed by atoms with Crippen LogP contribution in [0.1, 0.15) is 12.5 Å². The number of para-hydroxylation sites is 3. The Kier molecular flexibility index (Phi) is 7.17. The van der Waals surface area contributed by atoms with Gasteiger partial charge in [0.1, 0.15) is 5.75 Å². The first-order chi connectivity index (χ1) is 12.5. The van der Waals surface area contributed by atoms with Crippen LogP contribution in [-0.4, -0.2) is 44.0 Å². The van der Waals surface area contributed by atoms with E-state index in [0.717, 1.165) is 17.7 Å². The molecule has 2 N–H and O–H groups in total. The molecule has 2 rings (SSSR count). The third kappa shape index (κ3) is 5.60. The van der Waals surface area contributed by atoms with Crippen LogP contribution in [0.3, 0.4) is 0 Å². The zero-order valence-corrected chi connectivity index (χ0v) is 15.4. The number of benzene rings is 2. The van der Waals surface area contributed by atoms with Crippen molar-refractivity contribution >= 4 is 23.2 Å². The maximum absolute atomic E-state index is 12.2. The number of aryl methyl sites for hydroxylation is 1. The predicted octanol–water partition coefficient (Wildman–Crippen LogP) is 2.77. The van der Waals surface area contributed by atoms with Gasteiger partial charge in [0.15, 0.2) is 0 Å². The minimum Gasteiger partial charge on any atom is -0.495 e. The van der Waals surface area contributed by atoms with Crippen molar-refractivity contribution in [2.75, 3.05) is 37.9 Å². The Balaban J connectivity index is 1.86. The van der Waals surface area contributed by atoms with E-state index in [4.69, 9.17) is 4.74 Å². The number of carbonyl (C=O) groups excluding carboxylic acids is 2. The third-order valence-electron chi connectivity index (χ3n) is 3.88. The van der Waals surface area contributed by atoms with Crippen molar-refractivity contribution in [3.05, 3.63) is 54.1 Å². The van der Waals surface area contributed by atoms with Gasteiger partial charge in [-0.3, -0.25) is 14.5 Å². The van der Waals surface area contributed by atoms with Gasteiger partial charge in [0.2, 0.25) is 11.8 Å². The fourth-order valence-electron chi connectivity index (χ4n) is 2.62. The van der Waals surface area contributed by atoms with E-state index in [1.54, 1.807) is 31.2 Å². The number of rotatable bonds is 8. The van der Waals surface area contributed by atoms with Crippen LogP contribution in [0.4, 0.5) is 11.4 Å². The first-order valence-electron chi connectivity index (χ1n) is 8.52. The highest BCUT2D eigenvalue weighted by Crippen LogP contribution is 2.22. The van der Waals surface area contributed by atoms with E-state index >= 15 is 0 Å². The minimum absolute atomic E-state index is 0.0981. The molecule has 0 spiro atoms. The van der Waals surface area contributed by atoms with Crippen LogP contribution in [0, 0.1) is 0 Å². The second kappa shape index (κ2) is 9.58. The average Bonchev–Trinajstić information content (AvgIpc) is 2.62. The van der Waals surface area contributed by atoms with E-state index in [1.165, 1.54) is 0 Å². The van der Waals surface area contributed by atoms with Crippen LogP contribution in [-0.2, 0) is 16.0 Å². The lowest BCUT2D eigenvalue weighted by molar-refractivity contribution is -0.119. The van der Waals surface area contributed by atoms with Crippen LogP contribution >= 0.6 is 0 Å². The Morgan fingerprint density at radius 2 is 1.46 bits per heavy atom. The molecule has 0 aromatic heterocycles. The van der Waals surface area contributed by atoms with Gasteiger partial charge in [0.05, 0.1) is 25.9 Å². The summed E-state index contributed by atoms with van der Waals surface area (Å²) in [5.74, 6) is 0.231. The molecule has 0 atom stereocenters. The highest BCUT2D eigenvalue weighted by molar-refractivity contribution is 5.95. The Morgan fingerprint density at radius 1 is 0.923 bits per heavy atom. The molecule has 2 amide bonds. The van der Waals surface area contributed by atoms with Gasteiger partial charge in [-0.15, -0.1) is 0 Å². The lowest BCUT2D eigenvalue weighted by Gasteiger charge is -2.17. The number of nitrogens with zero attached hydrogens (tertiary/aromatic N) is 1. The molecule has 26 heavy (non-hydrogen) atoms. The molecule has 0 aliphatic heterocycles. The van der Waals surface area contributed by atoms with E-state index in [0.29, 0.717) is 11.4 Å². The SMILES string of the molecule is CCc1ccccc1NC(=O)CN(C)CC(=O)Nc1ccccc1OC. The Hall–Kier alpha value is -2.86. The second-order valence-corrected chi connectivity index (χ2v) is 5.98. The Morgan fingerprint density at radius 3 is 2.08 bits per heavy atom. The van der Waals surface area contributed by atoms with Crippen LogP contribution in [0.15, 0.2) is 48.5 Å². The zero-order chi connectivity index (χ0) is 18.9. The molecular weight excluding hydrogens is 330 g/mol. The van der Waals surface area contributed by atoms with Crippen molar-refractivity contribution in [2.24, 2.45) is 0 Å². The van der Waals surface area contributed by atoms with E-state index in [-0.39, 0.29) is 24.9 Å². The molecule has 0 heterocycles. The van der Waals surface area contributed by atoms with Crippen LogP contribution < -0.4 is 15.4 Å². The molecule has 6 nitrogen and oxygen atoms in total. The second-order valence-electron chi connectivity index (χ2n) is 5.98. The number of amides is 2. The maximum Gasteiger partial charge on any atom is 0.238 e. The monoisotopic (exact) mass is 355 g/mol. The van der Waals surface area contributed by atoms with E-state index < -0.39 is 0 Å². The summed E-state index contributed by atoms with van der Waals surface area (Å²) in [7, 11) is 3.28. The molecule has 6 heteroatoms. The standard InChI is InChI=1S/C20H25N3O3/c1-4-15-9-5-6-10-16(15)21-19(24)13-23(2)14-20(25)22-17-11-7-8-12-18(17)26-3/h5-12H,4,13-14H2,1-3H3,(H,21,24)(H,22,25). The number of carbonyl (C=O) groups is 2. The average molecular weight is 355 g/mol. The van der Waals surface area contributed by atoms with Gasteiger partial charge in [-0.25, -0.2) is 0 Å².